The van der Waals surface area contributed by atoms with Crippen LogP contribution in [0.5, 0.6) is 0 Å². The Morgan fingerprint density at radius 2 is 1.51 bits per heavy atom. The number of nitrogens with zero attached hydrogens (tertiary/aromatic N) is 3. The van der Waals surface area contributed by atoms with Gasteiger partial charge in [0.15, 0.2) is 8.73 Å². The highest BCUT2D eigenvalue weighted by atomic mass is 32.1. The molecule has 5 nitrogen and oxygen atoms in total. The molecule has 0 fully saturated rings. The molecule has 0 unspecified atom stereocenters. The van der Waals surface area contributed by atoms with Gasteiger partial charge in [-0.2, -0.15) is 0 Å². The molecule has 2 aromatic heterocycles. The lowest BCUT2D eigenvalue weighted by Gasteiger charge is -2.13. The zero-order valence-electron chi connectivity index (χ0n) is 21.1. The molecule has 0 atom stereocenters. The number of aromatic nitrogens is 3. The van der Waals surface area contributed by atoms with Gasteiger partial charge in [0.2, 0.25) is 0 Å². The molecule has 1 N–H and O–H groups in total. The Balaban J connectivity index is 0.000000429. The number of hydrogen-bond donors (Lipinski definition) is 1. The highest BCUT2D eigenvalue weighted by Crippen LogP contribution is 2.22. The van der Waals surface area contributed by atoms with Crippen molar-refractivity contribution in [1.82, 2.24) is 19.0 Å². The molecule has 4 aromatic rings. The van der Waals surface area contributed by atoms with Gasteiger partial charge in [-0.15, -0.1) is 0 Å². The first-order valence-electron chi connectivity index (χ1n) is 12.0. The van der Waals surface area contributed by atoms with E-state index in [1.807, 2.05) is 54.8 Å². The van der Waals surface area contributed by atoms with E-state index in [9.17, 15) is 4.79 Å². The SMILES string of the molecule is CCN(CC)CC.Cc1cccc(C)c1-n1c(=S)[nH]c2c(sc(=S)n2CCc2ccccc2)c1=O. The molecule has 0 radical (unpaired) electrons. The van der Waals surface area contributed by atoms with Crippen molar-refractivity contribution in [2.45, 2.75) is 47.6 Å². The molecule has 0 bridgehead atoms. The number of fused-ring (bicyclic) bond motifs is 1. The molecule has 0 aliphatic carbocycles. The summed E-state index contributed by atoms with van der Waals surface area (Å²) in [5.74, 6) is 0. The summed E-state index contributed by atoms with van der Waals surface area (Å²) in [7, 11) is 0. The number of hydrogen-bond acceptors (Lipinski definition) is 5. The number of rotatable bonds is 7. The van der Waals surface area contributed by atoms with Crippen molar-refractivity contribution < 1.29 is 0 Å². The summed E-state index contributed by atoms with van der Waals surface area (Å²) in [6, 6.07) is 16.2. The van der Waals surface area contributed by atoms with Crippen LogP contribution in [-0.2, 0) is 13.0 Å². The molecule has 2 aromatic carbocycles. The normalized spacial score (nSPS) is 11.0. The van der Waals surface area contributed by atoms with Crippen molar-refractivity contribution in [3.63, 3.8) is 0 Å². The summed E-state index contributed by atoms with van der Waals surface area (Å²) < 4.78 is 5.24. The van der Waals surface area contributed by atoms with E-state index in [2.05, 4.69) is 42.8 Å². The fraction of sp³-hybridized carbons (Fsp3) is 0.370. The largest absolute Gasteiger partial charge is 0.317 e. The van der Waals surface area contributed by atoms with Crippen molar-refractivity contribution in [2.24, 2.45) is 0 Å². The fourth-order valence-electron chi connectivity index (χ4n) is 4.15. The smallest absolute Gasteiger partial charge is 0.278 e. The first-order chi connectivity index (χ1) is 16.8. The number of para-hydroxylation sites is 1. The maximum Gasteiger partial charge on any atom is 0.278 e. The molecule has 4 rings (SSSR count). The van der Waals surface area contributed by atoms with Crippen LogP contribution in [0.1, 0.15) is 37.5 Å². The number of nitrogens with one attached hydrogen (secondary N) is 1. The summed E-state index contributed by atoms with van der Waals surface area (Å²) in [6.45, 7) is 14.8. The number of thiazole rings is 1. The van der Waals surface area contributed by atoms with E-state index in [1.54, 1.807) is 4.57 Å². The third-order valence-electron chi connectivity index (χ3n) is 6.19. The molecule has 35 heavy (non-hydrogen) atoms. The molecule has 0 amide bonds. The van der Waals surface area contributed by atoms with Crippen LogP contribution in [0.15, 0.2) is 53.3 Å². The van der Waals surface area contributed by atoms with Crippen molar-refractivity contribution in [1.29, 1.82) is 0 Å². The van der Waals surface area contributed by atoms with E-state index in [0.29, 0.717) is 25.6 Å². The van der Waals surface area contributed by atoms with Gasteiger partial charge >= 0.3 is 0 Å². The van der Waals surface area contributed by atoms with E-state index in [-0.39, 0.29) is 5.56 Å². The maximum atomic E-state index is 13.3. The van der Waals surface area contributed by atoms with Gasteiger partial charge in [-0.05, 0) is 81.0 Å². The van der Waals surface area contributed by atoms with Crippen molar-refractivity contribution in [3.05, 3.63) is 84.3 Å². The highest BCUT2D eigenvalue weighted by Gasteiger charge is 2.16. The lowest BCUT2D eigenvalue weighted by Crippen LogP contribution is -2.22. The Bertz CT molecular complexity index is 1420. The number of aromatic amines is 1. The van der Waals surface area contributed by atoms with E-state index < -0.39 is 0 Å². The molecule has 0 saturated carbocycles. The van der Waals surface area contributed by atoms with Crippen LogP contribution < -0.4 is 5.56 Å². The first kappa shape index (κ1) is 27.2. The lowest BCUT2D eigenvalue weighted by molar-refractivity contribution is 0.321. The molecule has 186 valence electrons. The minimum atomic E-state index is -0.120. The molecule has 8 heteroatoms. The van der Waals surface area contributed by atoms with Crippen LogP contribution in [0.3, 0.4) is 0 Å². The minimum absolute atomic E-state index is 0.120. The van der Waals surface area contributed by atoms with Crippen LogP contribution in [-0.4, -0.2) is 38.7 Å². The van der Waals surface area contributed by atoms with Crippen LogP contribution in [0.4, 0.5) is 0 Å². The van der Waals surface area contributed by atoms with E-state index in [1.165, 1.54) is 36.5 Å². The molecular weight excluding hydrogens is 493 g/mol. The van der Waals surface area contributed by atoms with Crippen LogP contribution in [0.2, 0.25) is 0 Å². The second-order valence-electron chi connectivity index (χ2n) is 8.36. The summed E-state index contributed by atoms with van der Waals surface area (Å²) in [6.07, 6.45) is 0.835. The second-order valence-corrected chi connectivity index (χ2v) is 10.4. The Morgan fingerprint density at radius 1 is 0.914 bits per heavy atom. The van der Waals surface area contributed by atoms with Gasteiger partial charge in [0.1, 0.15) is 10.3 Å². The third kappa shape index (κ3) is 6.25. The number of aryl methyl sites for hydroxylation is 4. The summed E-state index contributed by atoms with van der Waals surface area (Å²) in [4.78, 5) is 19.0. The fourth-order valence-corrected chi connectivity index (χ4v) is 5.75. The zero-order chi connectivity index (χ0) is 25.5. The van der Waals surface area contributed by atoms with E-state index in [4.69, 9.17) is 24.4 Å². The van der Waals surface area contributed by atoms with Crippen LogP contribution in [0, 0.1) is 22.6 Å². The average molecular weight is 527 g/mol. The summed E-state index contributed by atoms with van der Waals surface area (Å²) in [5, 5.41) is 0. The van der Waals surface area contributed by atoms with E-state index >= 15 is 0 Å². The third-order valence-corrected chi connectivity index (χ3v) is 7.91. The number of benzene rings is 2. The second kappa shape index (κ2) is 12.5. The zero-order valence-corrected chi connectivity index (χ0v) is 23.6. The Hall–Kier alpha value is -2.39. The Labute approximate surface area is 221 Å². The van der Waals surface area contributed by atoms with Gasteiger partial charge in [0, 0.05) is 6.54 Å². The summed E-state index contributed by atoms with van der Waals surface area (Å²) in [5.41, 5.74) is 4.67. The quantitative estimate of drug-likeness (QED) is 0.268. The molecule has 0 spiro atoms. The average Bonchev–Trinajstić information content (AvgIpc) is 3.16. The van der Waals surface area contributed by atoms with Crippen molar-refractivity contribution >= 4 is 46.1 Å². The van der Waals surface area contributed by atoms with Crippen molar-refractivity contribution in [3.8, 4) is 5.69 Å². The molecule has 0 saturated heterocycles. The highest BCUT2D eigenvalue weighted by molar-refractivity contribution is 7.73. The molecule has 0 aliphatic heterocycles. The molecule has 0 aliphatic rings. The van der Waals surface area contributed by atoms with E-state index in [0.717, 1.165) is 23.2 Å². The monoisotopic (exact) mass is 526 g/mol. The number of H-pyrrole nitrogens is 1. The van der Waals surface area contributed by atoms with Gasteiger partial charge in [-0.1, -0.05) is 80.6 Å². The maximum absolute atomic E-state index is 13.3. The van der Waals surface area contributed by atoms with Gasteiger partial charge < -0.3 is 14.5 Å². The predicted octanol–water partition coefficient (Wildman–Crippen LogP) is 6.85. The Morgan fingerprint density at radius 3 is 2.06 bits per heavy atom. The van der Waals surface area contributed by atoms with Gasteiger partial charge in [-0.25, -0.2) is 0 Å². The minimum Gasteiger partial charge on any atom is -0.317 e. The first-order valence-corrected chi connectivity index (χ1v) is 13.7. The predicted molar refractivity (Wildman–Crippen MR) is 155 cm³/mol. The van der Waals surface area contributed by atoms with Crippen LogP contribution >= 0.6 is 35.8 Å². The van der Waals surface area contributed by atoms with Gasteiger partial charge in [0.05, 0.1) is 5.69 Å². The molecule has 2 heterocycles. The Kier molecular flexibility index (Phi) is 9.74. The van der Waals surface area contributed by atoms with Gasteiger partial charge in [0.25, 0.3) is 5.56 Å². The molecular formula is C27H34N4OS3. The van der Waals surface area contributed by atoms with Gasteiger partial charge in [-0.3, -0.25) is 9.36 Å². The van der Waals surface area contributed by atoms with Crippen molar-refractivity contribution in [2.75, 3.05) is 19.6 Å². The lowest BCUT2D eigenvalue weighted by atomic mass is 10.1. The topological polar surface area (TPSA) is 46.0 Å². The van der Waals surface area contributed by atoms with Crippen LogP contribution in [0.25, 0.3) is 16.0 Å². The summed E-state index contributed by atoms with van der Waals surface area (Å²) >= 11 is 12.5. The standard InChI is InChI=1S/C21H19N3OS3.C6H15N/c1-13-7-6-8-14(2)16(13)24-19(25)17-18(22-20(24)26)23(21(27)28-17)12-11-15-9-4-3-5-10-15;1-4-7(5-2)6-3/h3-10H,11-12H2,1-2H3,(H,22,26);4-6H2,1-3H3.